The molecule has 0 amide bonds. The van der Waals surface area contributed by atoms with Gasteiger partial charge in [-0.1, -0.05) is 0 Å². The van der Waals surface area contributed by atoms with Gasteiger partial charge in [0.1, 0.15) is 17.2 Å². The molecule has 0 unspecified atom stereocenters. The molecule has 0 aromatic carbocycles. The van der Waals surface area contributed by atoms with E-state index in [0.717, 1.165) is 5.82 Å². The monoisotopic (exact) mass is 207 g/mol. The molecule has 1 aliphatic heterocycles. The Morgan fingerprint density at radius 1 is 1.17 bits per heavy atom. The first-order chi connectivity index (χ1) is 5.47. The summed E-state index contributed by atoms with van der Waals surface area (Å²) in [4.78, 5) is 11.9. The van der Waals surface area contributed by atoms with E-state index >= 15 is 0 Å². The van der Waals surface area contributed by atoms with Crippen LogP contribution in [-0.2, 0) is 0 Å². The summed E-state index contributed by atoms with van der Waals surface area (Å²) in [6.07, 6.45) is 3.06. The Morgan fingerprint density at radius 3 is 2.33 bits per heavy atom. The summed E-state index contributed by atoms with van der Waals surface area (Å²) in [7, 11) is 0. The van der Waals surface area contributed by atoms with Crippen LogP contribution in [0.2, 0.25) is 0 Å². The van der Waals surface area contributed by atoms with Gasteiger partial charge in [-0.05, 0) is 10.8 Å². The van der Waals surface area contributed by atoms with E-state index < -0.39 is 0 Å². The summed E-state index contributed by atoms with van der Waals surface area (Å²) >= 11 is 3.45. The van der Waals surface area contributed by atoms with Gasteiger partial charge in [0.15, 0.2) is 5.82 Å². The van der Waals surface area contributed by atoms with Crippen molar-refractivity contribution in [3.63, 3.8) is 0 Å². The minimum atomic E-state index is 0. The fourth-order valence-electron chi connectivity index (χ4n) is 0.730. The predicted molar refractivity (Wildman–Crippen MR) is 48.0 cm³/mol. The van der Waals surface area contributed by atoms with Gasteiger partial charge in [-0.25, -0.2) is 15.0 Å². The van der Waals surface area contributed by atoms with Gasteiger partial charge < -0.3 is 1.43 Å². The maximum absolute atomic E-state index is 4.06. The standard InChI is InChI=1S/C6H5N3S2.Na.H/c1-2-11-6(10-1)5-8-3-7-4-9-5;;/h1-4,6H;;/q;+1;-1. The minimum absolute atomic E-state index is 0. The summed E-state index contributed by atoms with van der Waals surface area (Å²) in [5, 5.41) is 4.11. The smallest absolute Gasteiger partial charge is 1.00 e. The zero-order valence-electron chi connectivity index (χ0n) is 7.54. The first-order valence-corrected chi connectivity index (χ1v) is 4.93. The van der Waals surface area contributed by atoms with E-state index in [-0.39, 0.29) is 31.0 Å². The van der Waals surface area contributed by atoms with E-state index in [1.165, 1.54) is 12.7 Å². The van der Waals surface area contributed by atoms with Gasteiger partial charge in [-0.15, -0.1) is 23.5 Å². The third-order valence-corrected chi connectivity index (χ3v) is 3.53. The van der Waals surface area contributed by atoms with Crippen LogP contribution in [0.3, 0.4) is 0 Å². The van der Waals surface area contributed by atoms with Crippen LogP contribution in [0.15, 0.2) is 23.5 Å². The first kappa shape index (κ1) is 10.5. The average Bonchev–Trinajstić information content (AvgIpc) is 2.58. The fraction of sp³-hybridized carbons (Fsp3) is 0.167. The Bertz CT molecular complexity index is 264. The Hall–Kier alpha value is 0.450. The second-order valence-corrected chi connectivity index (χ2v) is 4.20. The maximum atomic E-state index is 4.06. The van der Waals surface area contributed by atoms with Crippen molar-refractivity contribution in [3.05, 3.63) is 29.3 Å². The fourth-order valence-corrected chi connectivity index (χ4v) is 2.66. The molecule has 58 valence electrons. The van der Waals surface area contributed by atoms with Crippen LogP contribution in [0.25, 0.3) is 0 Å². The molecule has 0 bridgehead atoms. The molecule has 0 N–H and O–H groups in total. The zero-order valence-corrected chi connectivity index (χ0v) is 10.2. The van der Waals surface area contributed by atoms with E-state index in [9.17, 15) is 0 Å². The van der Waals surface area contributed by atoms with Crippen molar-refractivity contribution in [2.75, 3.05) is 0 Å². The van der Waals surface area contributed by atoms with Gasteiger partial charge >= 0.3 is 29.6 Å². The number of hydrogen-bond donors (Lipinski definition) is 0. The summed E-state index contributed by atoms with van der Waals surface area (Å²) in [6, 6.07) is 0. The summed E-state index contributed by atoms with van der Waals surface area (Å²) in [6.45, 7) is 0. The molecule has 1 aromatic rings. The van der Waals surface area contributed by atoms with Crippen LogP contribution < -0.4 is 29.6 Å². The van der Waals surface area contributed by atoms with E-state index in [1.54, 1.807) is 23.5 Å². The minimum Gasteiger partial charge on any atom is -1.00 e. The first-order valence-electron chi connectivity index (χ1n) is 3.04. The Kier molecular flexibility index (Phi) is 4.60. The summed E-state index contributed by atoms with van der Waals surface area (Å²) in [5.41, 5.74) is 0. The van der Waals surface area contributed by atoms with E-state index in [2.05, 4.69) is 25.8 Å². The number of nitrogens with zero attached hydrogens (tertiary/aromatic N) is 3. The van der Waals surface area contributed by atoms with Crippen LogP contribution in [0.5, 0.6) is 0 Å². The third-order valence-electron chi connectivity index (χ3n) is 1.18. The molecule has 1 aliphatic rings. The molecule has 12 heavy (non-hydrogen) atoms. The van der Waals surface area contributed by atoms with Crippen LogP contribution in [0.4, 0.5) is 0 Å². The van der Waals surface area contributed by atoms with Gasteiger partial charge in [0.25, 0.3) is 0 Å². The average molecular weight is 207 g/mol. The summed E-state index contributed by atoms with van der Waals surface area (Å²) < 4.78 is 0.331. The van der Waals surface area contributed by atoms with Crippen molar-refractivity contribution in [3.8, 4) is 0 Å². The summed E-state index contributed by atoms with van der Waals surface area (Å²) in [5.74, 6) is 0.847. The Morgan fingerprint density at radius 2 is 1.75 bits per heavy atom. The van der Waals surface area contributed by atoms with Crippen LogP contribution >= 0.6 is 23.5 Å². The second-order valence-electron chi connectivity index (χ2n) is 1.87. The Labute approximate surface area is 103 Å². The number of hydrogen-bond acceptors (Lipinski definition) is 5. The molecule has 2 rings (SSSR count). The van der Waals surface area contributed by atoms with Gasteiger partial charge in [0.05, 0.1) is 0 Å². The van der Waals surface area contributed by atoms with Gasteiger partial charge in [0, 0.05) is 0 Å². The SMILES string of the molecule is C1=CSC(c2ncncn2)S1.[H-].[Na+]. The third kappa shape index (κ3) is 2.47. The van der Waals surface area contributed by atoms with Crippen LogP contribution in [0, 0.1) is 0 Å². The van der Waals surface area contributed by atoms with Gasteiger partial charge in [0.2, 0.25) is 0 Å². The molecular formula is C6H6N3NaS2. The van der Waals surface area contributed by atoms with E-state index in [4.69, 9.17) is 0 Å². The molecule has 0 saturated carbocycles. The van der Waals surface area contributed by atoms with Crippen molar-refractivity contribution < 1.29 is 31.0 Å². The van der Waals surface area contributed by atoms with Crippen molar-refractivity contribution in [2.24, 2.45) is 0 Å². The van der Waals surface area contributed by atoms with Crippen molar-refractivity contribution in [1.29, 1.82) is 0 Å². The van der Waals surface area contributed by atoms with Crippen LogP contribution in [0.1, 0.15) is 11.8 Å². The molecule has 0 saturated heterocycles. The number of thioether (sulfide) groups is 2. The molecule has 2 heterocycles. The van der Waals surface area contributed by atoms with Crippen molar-refractivity contribution in [1.82, 2.24) is 15.0 Å². The molecule has 1 aromatic heterocycles. The maximum Gasteiger partial charge on any atom is 1.00 e. The molecule has 0 atom stereocenters. The number of rotatable bonds is 1. The molecule has 0 spiro atoms. The van der Waals surface area contributed by atoms with Gasteiger partial charge in [-0.3, -0.25) is 0 Å². The molecular weight excluding hydrogens is 201 g/mol. The zero-order chi connectivity index (χ0) is 7.52. The molecule has 6 heteroatoms. The quantitative estimate of drug-likeness (QED) is 0.549. The second kappa shape index (κ2) is 5.24. The number of aromatic nitrogens is 3. The topological polar surface area (TPSA) is 38.7 Å². The molecule has 3 nitrogen and oxygen atoms in total. The molecule has 0 aliphatic carbocycles. The van der Waals surface area contributed by atoms with Crippen molar-refractivity contribution in [2.45, 2.75) is 4.58 Å². The molecule has 0 fully saturated rings. The largest absolute Gasteiger partial charge is 1.00 e. The van der Waals surface area contributed by atoms with E-state index in [0.29, 0.717) is 4.58 Å². The normalized spacial score (nSPS) is 16.0. The van der Waals surface area contributed by atoms with Gasteiger partial charge in [-0.2, -0.15) is 0 Å². The van der Waals surface area contributed by atoms with E-state index in [1.807, 2.05) is 0 Å². The van der Waals surface area contributed by atoms with Crippen molar-refractivity contribution >= 4 is 23.5 Å². The predicted octanol–water partition coefficient (Wildman–Crippen LogP) is -1.06. The molecule has 0 radical (unpaired) electrons. The van der Waals surface area contributed by atoms with Crippen LogP contribution in [-0.4, -0.2) is 15.0 Å². The Balaban J connectivity index is 0.000000720.